The van der Waals surface area contributed by atoms with E-state index >= 15 is 0 Å². The number of hydrogen-bond donors (Lipinski definition) is 0. The standard InChI is InChI=1S/C8H14O3.C7H7F2NO/c1-3-10-8(9)7-5-4-6(2)11-7;1-11-6-4-2-3-5(10-6)7(8)9/h6-7H,3-5H2,1-2H3;2-4,7H,1H3. The van der Waals surface area contributed by atoms with Crippen LogP contribution in [-0.2, 0) is 14.3 Å². The van der Waals surface area contributed by atoms with E-state index in [1.165, 1.54) is 25.3 Å². The van der Waals surface area contributed by atoms with E-state index in [0.717, 1.165) is 12.8 Å². The Kier molecular flexibility index (Phi) is 7.73. The summed E-state index contributed by atoms with van der Waals surface area (Å²) < 4.78 is 38.7. The van der Waals surface area contributed by atoms with Gasteiger partial charge in [0.05, 0.1) is 19.8 Å². The fourth-order valence-corrected chi connectivity index (χ4v) is 1.88. The summed E-state index contributed by atoms with van der Waals surface area (Å²) in [6.07, 6.45) is -0.858. The lowest BCUT2D eigenvalue weighted by Gasteiger charge is -2.08. The Balaban J connectivity index is 0.000000220. The van der Waals surface area contributed by atoms with Crippen LogP contribution < -0.4 is 4.74 Å². The van der Waals surface area contributed by atoms with Gasteiger partial charge in [-0.2, -0.15) is 0 Å². The van der Waals surface area contributed by atoms with Crippen molar-refractivity contribution in [2.24, 2.45) is 0 Å². The topological polar surface area (TPSA) is 57.7 Å². The monoisotopic (exact) mass is 317 g/mol. The van der Waals surface area contributed by atoms with Gasteiger partial charge in [-0.05, 0) is 32.8 Å². The second kappa shape index (κ2) is 9.30. The van der Waals surface area contributed by atoms with E-state index in [4.69, 9.17) is 9.47 Å². The lowest BCUT2D eigenvalue weighted by Crippen LogP contribution is -2.23. The van der Waals surface area contributed by atoms with Crippen molar-refractivity contribution in [2.45, 2.75) is 45.3 Å². The second-order valence-electron chi connectivity index (χ2n) is 4.67. The van der Waals surface area contributed by atoms with Crippen LogP contribution in [0.5, 0.6) is 5.88 Å². The van der Waals surface area contributed by atoms with Crippen molar-refractivity contribution in [1.82, 2.24) is 4.98 Å². The number of carbonyl (C=O) groups excluding carboxylic acids is 1. The third kappa shape index (κ3) is 5.93. The number of carbonyl (C=O) groups is 1. The maximum absolute atomic E-state index is 12.0. The highest BCUT2D eigenvalue weighted by molar-refractivity contribution is 5.74. The maximum Gasteiger partial charge on any atom is 0.335 e. The summed E-state index contributed by atoms with van der Waals surface area (Å²) in [4.78, 5) is 14.6. The van der Waals surface area contributed by atoms with Gasteiger partial charge >= 0.3 is 5.97 Å². The molecular weight excluding hydrogens is 296 g/mol. The van der Waals surface area contributed by atoms with Gasteiger partial charge in [-0.3, -0.25) is 0 Å². The van der Waals surface area contributed by atoms with Gasteiger partial charge in [-0.25, -0.2) is 18.6 Å². The average molecular weight is 317 g/mol. The van der Waals surface area contributed by atoms with Gasteiger partial charge in [-0.1, -0.05) is 6.07 Å². The zero-order chi connectivity index (χ0) is 16.5. The van der Waals surface area contributed by atoms with Crippen LogP contribution in [0.25, 0.3) is 0 Å². The number of hydrogen-bond acceptors (Lipinski definition) is 5. The molecule has 5 nitrogen and oxygen atoms in total. The van der Waals surface area contributed by atoms with E-state index in [2.05, 4.69) is 9.72 Å². The molecule has 22 heavy (non-hydrogen) atoms. The molecule has 7 heteroatoms. The number of esters is 1. The Labute approximate surface area is 128 Å². The van der Waals surface area contributed by atoms with Crippen LogP contribution in [-0.4, -0.2) is 36.9 Å². The first-order valence-electron chi connectivity index (χ1n) is 7.09. The van der Waals surface area contributed by atoms with Gasteiger partial charge in [0.15, 0.2) is 6.10 Å². The normalized spacial score (nSPS) is 20.3. The summed E-state index contributed by atoms with van der Waals surface area (Å²) >= 11 is 0. The highest BCUT2D eigenvalue weighted by Gasteiger charge is 2.28. The predicted octanol–water partition coefficient (Wildman–Crippen LogP) is 3.14. The fourth-order valence-electron chi connectivity index (χ4n) is 1.88. The molecule has 0 aromatic carbocycles. The van der Waals surface area contributed by atoms with Gasteiger partial charge < -0.3 is 14.2 Å². The number of nitrogens with zero attached hydrogens (tertiary/aromatic N) is 1. The molecule has 0 spiro atoms. The highest BCUT2D eigenvalue weighted by Crippen LogP contribution is 2.20. The summed E-state index contributed by atoms with van der Waals surface area (Å²) in [7, 11) is 1.39. The summed E-state index contributed by atoms with van der Waals surface area (Å²) in [5, 5.41) is 0. The smallest absolute Gasteiger partial charge is 0.335 e. The quantitative estimate of drug-likeness (QED) is 0.799. The van der Waals surface area contributed by atoms with E-state index in [9.17, 15) is 13.6 Å². The molecule has 2 unspecified atom stereocenters. The number of ether oxygens (including phenoxy) is 3. The molecule has 1 aromatic heterocycles. The molecule has 0 saturated carbocycles. The van der Waals surface area contributed by atoms with Crippen molar-refractivity contribution >= 4 is 5.97 Å². The SMILES string of the molecule is CCOC(=O)C1CCC(C)O1.COc1cccc(C(F)F)n1. The van der Waals surface area contributed by atoms with Crippen LogP contribution in [0.4, 0.5) is 8.78 Å². The fraction of sp³-hybridized carbons (Fsp3) is 0.600. The van der Waals surface area contributed by atoms with E-state index in [0.29, 0.717) is 6.61 Å². The van der Waals surface area contributed by atoms with Gasteiger partial charge in [0.25, 0.3) is 6.43 Å². The van der Waals surface area contributed by atoms with Gasteiger partial charge in [0.1, 0.15) is 5.69 Å². The Morgan fingerprint density at radius 2 is 2.18 bits per heavy atom. The first-order chi connectivity index (χ1) is 10.5. The Bertz CT molecular complexity index is 471. The number of halogens is 2. The molecule has 124 valence electrons. The minimum atomic E-state index is -2.54. The maximum atomic E-state index is 12.0. The molecule has 0 radical (unpaired) electrons. The molecule has 0 amide bonds. The van der Waals surface area contributed by atoms with E-state index < -0.39 is 6.43 Å². The Morgan fingerprint density at radius 1 is 1.45 bits per heavy atom. The third-order valence-corrected chi connectivity index (χ3v) is 2.96. The van der Waals surface area contributed by atoms with Gasteiger partial charge in [0.2, 0.25) is 5.88 Å². The van der Waals surface area contributed by atoms with Crippen molar-refractivity contribution in [3.63, 3.8) is 0 Å². The molecule has 2 atom stereocenters. The number of rotatable bonds is 4. The third-order valence-electron chi connectivity index (χ3n) is 2.96. The van der Waals surface area contributed by atoms with Crippen molar-refractivity contribution < 1.29 is 27.8 Å². The van der Waals surface area contributed by atoms with Crippen LogP contribution in [0, 0.1) is 0 Å². The molecule has 0 aliphatic carbocycles. The molecule has 1 aromatic rings. The summed E-state index contributed by atoms with van der Waals surface area (Å²) in [6, 6.07) is 4.26. The molecule has 2 rings (SSSR count). The van der Waals surface area contributed by atoms with Crippen LogP contribution in [0.1, 0.15) is 38.8 Å². The van der Waals surface area contributed by atoms with Crippen molar-refractivity contribution in [1.29, 1.82) is 0 Å². The first kappa shape index (κ1) is 18.3. The zero-order valence-corrected chi connectivity index (χ0v) is 12.9. The van der Waals surface area contributed by atoms with Crippen LogP contribution in [0.3, 0.4) is 0 Å². The van der Waals surface area contributed by atoms with Crippen LogP contribution in [0.2, 0.25) is 0 Å². The van der Waals surface area contributed by atoms with E-state index in [-0.39, 0.29) is 29.8 Å². The number of aromatic nitrogens is 1. The van der Waals surface area contributed by atoms with E-state index in [1.54, 1.807) is 6.92 Å². The lowest BCUT2D eigenvalue weighted by molar-refractivity contribution is -0.155. The summed E-state index contributed by atoms with van der Waals surface area (Å²) in [5.74, 6) is -0.000324. The molecule has 1 aliphatic heterocycles. The summed E-state index contributed by atoms with van der Waals surface area (Å²) in [6.45, 7) is 4.21. The molecule has 0 N–H and O–H groups in total. The molecule has 2 heterocycles. The molecular formula is C15H21F2NO4. The molecule has 1 saturated heterocycles. The predicted molar refractivity (Wildman–Crippen MR) is 75.9 cm³/mol. The van der Waals surface area contributed by atoms with E-state index in [1.807, 2.05) is 6.92 Å². The van der Waals surface area contributed by atoms with Crippen LogP contribution >= 0.6 is 0 Å². The first-order valence-corrected chi connectivity index (χ1v) is 7.09. The summed E-state index contributed by atoms with van der Waals surface area (Å²) in [5.41, 5.74) is -0.260. The average Bonchev–Trinajstić information content (AvgIpc) is 2.95. The minimum Gasteiger partial charge on any atom is -0.481 e. The van der Waals surface area contributed by atoms with Crippen LogP contribution in [0.15, 0.2) is 18.2 Å². The van der Waals surface area contributed by atoms with Gasteiger partial charge in [0, 0.05) is 6.07 Å². The Morgan fingerprint density at radius 3 is 2.68 bits per heavy atom. The molecule has 0 bridgehead atoms. The van der Waals surface area contributed by atoms with Gasteiger partial charge in [-0.15, -0.1) is 0 Å². The Hall–Kier alpha value is -1.76. The van der Waals surface area contributed by atoms with Crippen molar-refractivity contribution in [3.8, 4) is 5.88 Å². The van der Waals surface area contributed by atoms with Crippen molar-refractivity contribution in [3.05, 3.63) is 23.9 Å². The van der Waals surface area contributed by atoms with Crippen molar-refractivity contribution in [2.75, 3.05) is 13.7 Å². The zero-order valence-electron chi connectivity index (χ0n) is 12.9. The number of alkyl halides is 2. The number of methoxy groups -OCH3 is 1. The minimum absolute atomic E-state index is 0.211. The second-order valence-corrected chi connectivity index (χ2v) is 4.67. The number of pyridine rings is 1. The lowest BCUT2D eigenvalue weighted by atomic mass is 10.2. The highest BCUT2D eigenvalue weighted by atomic mass is 19.3. The molecule has 1 fully saturated rings. The molecule has 1 aliphatic rings. The largest absolute Gasteiger partial charge is 0.481 e.